The van der Waals surface area contributed by atoms with E-state index in [-0.39, 0.29) is 18.0 Å². The van der Waals surface area contributed by atoms with Crippen molar-refractivity contribution in [1.82, 2.24) is 10.6 Å². The molecule has 1 aromatic carbocycles. The molecule has 6 nitrogen and oxygen atoms in total. The minimum atomic E-state index is -0.712. The Hall–Kier alpha value is -2.08. The predicted molar refractivity (Wildman–Crippen MR) is 93.6 cm³/mol. The molecule has 24 heavy (non-hydrogen) atoms. The van der Waals surface area contributed by atoms with Gasteiger partial charge in [0.15, 0.2) is 0 Å². The quantitative estimate of drug-likeness (QED) is 0.667. The number of urea groups is 1. The zero-order valence-electron chi connectivity index (χ0n) is 14.1. The third kappa shape index (κ3) is 4.06. The van der Waals surface area contributed by atoms with Gasteiger partial charge in [0.2, 0.25) is 5.91 Å². The molecule has 0 spiro atoms. The summed E-state index contributed by atoms with van der Waals surface area (Å²) in [7, 11) is 0. The number of carbonyl (C=O) groups excluding carboxylic acids is 2. The number of carbonyl (C=O) groups is 2. The molecule has 3 rings (SSSR count). The number of benzene rings is 1. The number of hydrogen-bond acceptors (Lipinski definition) is 3. The van der Waals surface area contributed by atoms with Crippen LogP contribution < -0.4 is 21.7 Å². The Morgan fingerprint density at radius 1 is 1.17 bits per heavy atom. The molecule has 1 unspecified atom stereocenters. The molecule has 0 heterocycles. The SMILES string of the molecule is CC(NC(=O)C1(N)CCCC1)c1ccc(NC(=O)NC2CC2)cc1. The highest BCUT2D eigenvalue weighted by molar-refractivity contribution is 5.89. The smallest absolute Gasteiger partial charge is 0.319 e. The predicted octanol–water partition coefficient (Wildman–Crippen LogP) is 2.42. The van der Waals surface area contributed by atoms with E-state index in [0.717, 1.165) is 49.8 Å². The van der Waals surface area contributed by atoms with Crippen LogP contribution in [0.1, 0.15) is 57.1 Å². The molecule has 1 atom stereocenters. The molecule has 3 amide bonds. The molecule has 130 valence electrons. The molecule has 5 N–H and O–H groups in total. The van der Waals surface area contributed by atoms with Crippen molar-refractivity contribution >= 4 is 17.6 Å². The molecule has 6 heteroatoms. The lowest BCUT2D eigenvalue weighted by Gasteiger charge is -2.25. The topological polar surface area (TPSA) is 96.2 Å². The largest absolute Gasteiger partial charge is 0.348 e. The highest BCUT2D eigenvalue weighted by atomic mass is 16.2. The molecule has 0 radical (unpaired) electrons. The van der Waals surface area contributed by atoms with E-state index in [2.05, 4.69) is 16.0 Å². The summed E-state index contributed by atoms with van der Waals surface area (Å²) in [6.45, 7) is 1.94. The molecule has 0 saturated heterocycles. The van der Waals surface area contributed by atoms with E-state index in [1.807, 2.05) is 31.2 Å². The Morgan fingerprint density at radius 3 is 2.38 bits per heavy atom. The number of amides is 3. The van der Waals surface area contributed by atoms with Gasteiger partial charge in [0, 0.05) is 11.7 Å². The maximum atomic E-state index is 12.4. The van der Waals surface area contributed by atoms with Crippen LogP contribution >= 0.6 is 0 Å². The van der Waals surface area contributed by atoms with E-state index < -0.39 is 5.54 Å². The van der Waals surface area contributed by atoms with Gasteiger partial charge in [-0.1, -0.05) is 25.0 Å². The number of nitrogens with one attached hydrogen (secondary N) is 3. The second-order valence-electron chi connectivity index (χ2n) is 7.05. The van der Waals surface area contributed by atoms with Crippen molar-refractivity contribution < 1.29 is 9.59 Å². The van der Waals surface area contributed by atoms with Gasteiger partial charge in [-0.05, 0) is 50.3 Å². The van der Waals surface area contributed by atoms with Crippen LogP contribution in [0.2, 0.25) is 0 Å². The second kappa shape index (κ2) is 6.81. The van der Waals surface area contributed by atoms with Crippen molar-refractivity contribution in [3.8, 4) is 0 Å². The fourth-order valence-corrected chi connectivity index (χ4v) is 3.09. The lowest BCUT2D eigenvalue weighted by molar-refractivity contribution is -0.126. The normalized spacial score (nSPS) is 20.2. The van der Waals surface area contributed by atoms with Crippen LogP contribution in [-0.2, 0) is 4.79 Å². The zero-order chi connectivity index (χ0) is 17.2. The summed E-state index contributed by atoms with van der Waals surface area (Å²) >= 11 is 0. The summed E-state index contributed by atoms with van der Waals surface area (Å²) in [6, 6.07) is 7.56. The van der Waals surface area contributed by atoms with Gasteiger partial charge in [0.1, 0.15) is 0 Å². The van der Waals surface area contributed by atoms with Crippen LogP contribution in [0.25, 0.3) is 0 Å². The van der Waals surface area contributed by atoms with Crippen molar-refractivity contribution in [3.63, 3.8) is 0 Å². The van der Waals surface area contributed by atoms with E-state index in [1.165, 1.54) is 0 Å². The van der Waals surface area contributed by atoms with Gasteiger partial charge in [0.25, 0.3) is 0 Å². The Morgan fingerprint density at radius 2 is 1.79 bits per heavy atom. The number of hydrogen-bond donors (Lipinski definition) is 4. The van der Waals surface area contributed by atoms with Gasteiger partial charge in [-0.15, -0.1) is 0 Å². The monoisotopic (exact) mass is 330 g/mol. The fraction of sp³-hybridized carbons (Fsp3) is 0.556. The Bertz CT molecular complexity index is 604. The molecule has 0 bridgehead atoms. The van der Waals surface area contributed by atoms with Gasteiger partial charge in [0.05, 0.1) is 11.6 Å². The fourth-order valence-electron chi connectivity index (χ4n) is 3.09. The molecule has 2 aliphatic carbocycles. The van der Waals surface area contributed by atoms with Gasteiger partial charge in [-0.2, -0.15) is 0 Å². The Labute approximate surface area is 142 Å². The zero-order valence-corrected chi connectivity index (χ0v) is 14.1. The van der Waals surface area contributed by atoms with E-state index in [9.17, 15) is 9.59 Å². The van der Waals surface area contributed by atoms with E-state index in [0.29, 0.717) is 6.04 Å². The van der Waals surface area contributed by atoms with Crippen molar-refractivity contribution in [2.24, 2.45) is 5.73 Å². The average Bonchev–Trinajstić information content (AvgIpc) is 3.25. The minimum Gasteiger partial charge on any atom is -0.348 e. The van der Waals surface area contributed by atoms with Crippen LogP contribution in [0.15, 0.2) is 24.3 Å². The first kappa shape index (κ1) is 16.8. The van der Waals surface area contributed by atoms with E-state index in [4.69, 9.17) is 5.73 Å². The summed E-state index contributed by atoms with van der Waals surface area (Å²) in [5.74, 6) is -0.0708. The molecule has 0 aliphatic heterocycles. The van der Waals surface area contributed by atoms with Crippen LogP contribution in [0.3, 0.4) is 0 Å². The third-order valence-corrected chi connectivity index (χ3v) is 4.88. The lowest BCUT2D eigenvalue weighted by atomic mass is 9.97. The van der Waals surface area contributed by atoms with E-state index in [1.54, 1.807) is 0 Å². The standard InChI is InChI=1S/C18H26N4O2/c1-12(20-16(23)18(19)10-2-3-11-18)13-4-6-14(7-5-13)21-17(24)22-15-8-9-15/h4-7,12,15H,2-3,8-11,19H2,1H3,(H,20,23)(H2,21,22,24). The van der Waals surface area contributed by atoms with Crippen LogP contribution in [0.4, 0.5) is 10.5 Å². The molecule has 2 saturated carbocycles. The maximum absolute atomic E-state index is 12.4. The number of anilines is 1. The Balaban J connectivity index is 1.54. The summed E-state index contributed by atoms with van der Waals surface area (Å²) < 4.78 is 0. The summed E-state index contributed by atoms with van der Waals surface area (Å²) in [5.41, 5.74) is 7.20. The van der Waals surface area contributed by atoms with Gasteiger partial charge >= 0.3 is 6.03 Å². The first-order valence-electron chi connectivity index (χ1n) is 8.74. The average molecular weight is 330 g/mol. The van der Waals surface area contributed by atoms with Crippen LogP contribution in [0, 0.1) is 0 Å². The lowest BCUT2D eigenvalue weighted by Crippen LogP contribution is -2.52. The van der Waals surface area contributed by atoms with Crippen LogP contribution in [0.5, 0.6) is 0 Å². The van der Waals surface area contributed by atoms with Crippen molar-refractivity contribution in [2.75, 3.05) is 5.32 Å². The first-order valence-corrected chi connectivity index (χ1v) is 8.74. The van der Waals surface area contributed by atoms with Gasteiger partial charge in [-0.25, -0.2) is 4.79 Å². The van der Waals surface area contributed by atoms with Crippen molar-refractivity contribution in [1.29, 1.82) is 0 Å². The summed E-state index contributed by atoms with van der Waals surface area (Å²) in [4.78, 5) is 24.1. The van der Waals surface area contributed by atoms with Crippen molar-refractivity contribution in [2.45, 2.75) is 63.1 Å². The third-order valence-electron chi connectivity index (χ3n) is 4.88. The highest BCUT2D eigenvalue weighted by Gasteiger charge is 2.37. The summed E-state index contributed by atoms with van der Waals surface area (Å²) in [5, 5.41) is 8.70. The molecular weight excluding hydrogens is 304 g/mol. The maximum Gasteiger partial charge on any atom is 0.319 e. The molecule has 2 aliphatic rings. The highest BCUT2D eigenvalue weighted by Crippen LogP contribution is 2.28. The second-order valence-corrected chi connectivity index (χ2v) is 7.05. The molecule has 2 fully saturated rings. The summed E-state index contributed by atoms with van der Waals surface area (Å²) in [6.07, 6.45) is 5.66. The van der Waals surface area contributed by atoms with Gasteiger partial charge in [-0.3, -0.25) is 4.79 Å². The van der Waals surface area contributed by atoms with Crippen LogP contribution in [-0.4, -0.2) is 23.5 Å². The number of nitrogens with two attached hydrogens (primary N) is 1. The van der Waals surface area contributed by atoms with Gasteiger partial charge < -0.3 is 21.7 Å². The minimum absolute atomic E-state index is 0.0708. The van der Waals surface area contributed by atoms with E-state index >= 15 is 0 Å². The first-order chi connectivity index (χ1) is 11.5. The molecular formula is C18H26N4O2. The molecule has 1 aromatic rings. The van der Waals surface area contributed by atoms with Crippen molar-refractivity contribution in [3.05, 3.63) is 29.8 Å². The molecule has 0 aromatic heterocycles. The number of rotatable bonds is 5. The Kier molecular flexibility index (Phi) is 4.76.